The Morgan fingerprint density at radius 3 is 2.94 bits per heavy atom. The average Bonchev–Trinajstić information content (AvgIpc) is 2.74. The van der Waals surface area contributed by atoms with E-state index in [0.717, 1.165) is 32.6 Å². The van der Waals surface area contributed by atoms with E-state index >= 15 is 0 Å². The van der Waals surface area contributed by atoms with Gasteiger partial charge in [0.05, 0.1) is 6.04 Å². The lowest BCUT2D eigenvalue weighted by atomic mass is 10.1. The van der Waals surface area contributed by atoms with Gasteiger partial charge in [-0.15, -0.1) is 0 Å². The van der Waals surface area contributed by atoms with Gasteiger partial charge in [0.1, 0.15) is 0 Å². The molecule has 4 nitrogen and oxygen atoms in total. The third-order valence-electron chi connectivity index (χ3n) is 3.29. The Morgan fingerprint density at radius 1 is 1.56 bits per heavy atom. The van der Waals surface area contributed by atoms with E-state index in [0.29, 0.717) is 5.92 Å². The van der Waals surface area contributed by atoms with Gasteiger partial charge in [-0.25, -0.2) is 0 Å². The van der Waals surface area contributed by atoms with Gasteiger partial charge in [-0.05, 0) is 45.8 Å². The highest BCUT2D eigenvalue weighted by Gasteiger charge is 2.28. The molecule has 0 aliphatic carbocycles. The van der Waals surface area contributed by atoms with Gasteiger partial charge in [-0.1, -0.05) is 6.92 Å². The second-order valence-corrected chi connectivity index (χ2v) is 4.67. The van der Waals surface area contributed by atoms with E-state index in [1.165, 1.54) is 6.42 Å². The highest BCUT2D eigenvalue weighted by Crippen LogP contribution is 2.17. The standard InChI is InChI=1S/C12H25N3O/c1-4-6-14-12(16)10(2)15-7-5-11(9-15)8-13-3/h10-11,13H,4-9H2,1-3H3,(H,14,16). The monoisotopic (exact) mass is 227 g/mol. The van der Waals surface area contributed by atoms with Gasteiger partial charge in [0.2, 0.25) is 5.91 Å². The van der Waals surface area contributed by atoms with Gasteiger partial charge < -0.3 is 10.6 Å². The first-order chi connectivity index (χ1) is 7.69. The van der Waals surface area contributed by atoms with Crippen LogP contribution in [0.4, 0.5) is 0 Å². The van der Waals surface area contributed by atoms with Crippen molar-refractivity contribution in [3.8, 4) is 0 Å². The van der Waals surface area contributed by atoms with Crippen molar-refractivity contribution in [3.05, 3.63) is 0 Å². The third kappa shape index (κ3) is 3.76. The van der Waals surface area contributed by atoms with Gasteiger partial charge in [0.25, 0.3) is 0 Å². The third-order valence-corrected chi connectivity index (χ3v) is 3.29. The van der Waals surface area contributed by atoms with Crippen LogP contribution in [-0.4, -0.2) is 50.1 Å². The van der Waals surface area contributed by atoms with Gasteiger partial charge in [0.15, 0.2) is 0 Å². The molecule has 0 saturated carbocycles. The van der Waals surface area contributed by atoms with E-state index in [2.05, 4.69) is 22.5 Å². The molecule has 16 heavy (non-hydrogen) atoms. The van der Waals surface area contributed by atoms with E-state index in [9.17, 15) is 4.79 Å². The van der Waals surface area contributed by atoms with Gasteiger partial charge in [0, 0.05) is 13.1 Å². The summed E-state index contributed by atoms with van der Waals surface area (Å²) in [6.07, 6.45) is 2.20. The number of amides is 1. The molecule has 1 aliphatic heterocycles. The van der Waals surface area contributed by atoms with Crippen LogP contribution in [0, 0.1) is 5.92 Å². The van der Waals surface area contributed by atoms with E-state index in [1.807, 2.05) is 14.0 Å². The predicted octanol–water partition coefficient (Wildman–Crippen LogP) is 0.442. The molecule has 1 heterocycles. The normalized spacial score (nSPS) is 23.3. The SMILES string of the molecule is CCCNC(=O)C(C)N1CCC(CNC)C1. The van der Waals surface area contributed by atoms with Crippen LogP contribution >= 0.6 is 0 Å². The summed E-state index contributed by atoms with van der Waals surface area (Å²) < 4.78 is 0. The summed E-state index contributed by atoms with van der Waals surface area (Å²) in [4.78, 5) is 14.1. The van der Waals surface area contributed by atoms with Crippen molar-refractivity contribution in [2.24, 2.45) is 5.92 Å². The van der Waals surface area contributed by atoms with E-state index in [4.69, 9.17) is 0 Å². The summed E-state index contributed by atoms with van der Waals surface area (Å²) >= 11 is 0. The quantitative estimate of drug-likeness (QED) is 0.692. The first-order valence-corrected chi connectivity index (χ1v) is 6.35. The Kier molecular flexibility index (Phi) is 5.77. The van der Waals surface area contributed by atoms with Crippen LogP contribution in [0.3, 0.4) is 0 Å². The zero-order chi connectivity index (χ0) is 12.0. The maximum atomic E-state index is 11.8. The molecule has 2 atom stereocenters. The predicted molar refractivity (Wildman–Crippen MR) is 66.4 cm³/mol. The highest BCUT2D eigenvalue weighted by atomic mass is 16.2. The number of carbonyl (C=O) groups is 1. The van der Waals surface area contributed by atoms with Crippen LogP contribution < -0.4 is 10.6 Å². The molecule has 2 N–H and O–H groups in total. The Bertz CT molecular complexity index is 220. The minimum absolute atomic E-state index is 0.0217. The Labute approximate surface area is 98.8 Å². The Balaban J connectivity index is 2.32. The number of nitrogens with one attached hydrogen (secondary N) is 2. The molecule has 0 spiro atoms. The lowest BCUT2D eigenvalue weighted by Crippen LogP contribution is -2.44. The topological polar surface area (TPSA) is 44.4 Å². The van der Waals surface area contributed by atoms with E-state index < -0.39 is 0 Å². The lowest BCUT2D eigenvalue weighted by Gasteiger charge is -2.23. The first kappa shape index (κ1) is 13.5. The molecule has 0 radical (unpaired) electrons. The van der Waals surface area contributed by atoms with Crippen molar-refractivity contribution in [1.82, 2.24) is 15.5 Å². The highest BCUT2D eigenvalue weighted by molar-refractivity contribution is 5.81. The molecule has 0 bridgehead atoms. The molecule has 1 rings (SSSR count). The number of nitrogens with zero attached hydrogens (tertiary/aromatic N) is 1. The van der Waals surface area contributed by atoms with Gasteiger partial charge in [-0.3, -0.25) is 9.69 Å². The van der Waals surface area contributed by atoms with Crippen molar-refractivity contribution in [2.75, 3.05) is 33.2 Å². The molecular formula is C12H25N3O. The van der Waals surface area contributed by atoms with Gasteiger partial charge >= 0.3 is 0 Å². The Hall–Kier alpha value is -0.610. The summed E-state index contributed by atoms with van der Waals surface area (Å²) in [6, 6.07) is 0.0217. The molecule has 94 valence electrons. The van der Waals surface area contributed by atoms with Crippen molar-refractivity contribution < 1.29 is 4.79 Å². The van der Waals surface area contributed by atoms with Crippen LogP contribution in [0.25, 0.3) is 0 Å². The second kappa shape index (κ2) is 6.86. The summed E-state index contributed by atoms with van der Waals surface area (Å²) in [7, 11) is 1.99. The molecule has 2 unspecified atom stereocenters. The maximum absolute atomic E-state index is 11.8. The molecule has 0 aromatic rings. The molecule has 1 amide bonds. The van der Waals surface area contributed by atoms with E-state index in [1.54, 1.807) is 0 Å². The fourth-order valence-corrected chi connectivity index (χ4v) is 2.23. The average molecular weight is 227 g/mol. The minimum atomic E-state index is 0.0217. The van der Waals surface area contributed by atoms with Crippen LogP contribution in [0.15, 0.2) is 0 Å². The van der Waals surface area contributed by atoms with Crippen LogP contribution in [0.5, 0.6) is 0 Å². The molecule has 4 heteroatoms. The molecule has 0 aromatic carbocycles. The maximum Gasteiger partial charge on any atom is 0.237 e. The lowest BCUT2D eigenvalue weighted by molar-refractivity contribution is -0.125. The van der Waals surface area contributed by atoms with Crippen molar-refractivity contribution >= 4 is 5.91 Å². The molecule has 0 aromatic heterocycles. The summed E-state index contributed by atoms with van der Waals surface area (Å²) in [5.41, 5.74) is 0. The zero-order valence-corrected chi connectivity index (χ0v) is 10.8. The van der Waals surface area contributed by atoms with Gasteiger partial charge in [-0.2, -0.15) is 0 Å². The molecule has 1 fully saturated rings. The first-order valence-electron chi connectivity index (χ1n) is 6.35. The largest absolute Gasteiger partial charge is 0.355 e. The summed E-state index contributed by atoms with van der Waals surface area (Å²) in [5.74, 6) is 0.874. The van der Waals surface area contributed by atoms with Crippen molar-refractivity contribution in [3.63, 3.8) is 0 Å². The molecule has 1 aliphatic rings. The fourth-order valence-electron chi connectivity index (χ4n) is 2.23. The molecule has 1 saturated heterocycles. The number of hydrogen-bond acceptors (Lipinski definition) is 3. The van der Waals surface area contributed by atoms with Crippen LogP contribution in [-0.2, 0) is 4.79 Å². The number of rotatable bonds is 6. The smallest absolute Gasteiger partial charge is 0.237 e. The summed E-state index contributed by atoms with van der Waals surface area (Å²) in [6.45, 7) is 8.02. The zero-order valence-electron chi connectivity index (χ0n) is 10.8. The van der Waals surface area contributed by atoms with E-state index in [-0.39, 0.29) is 11.9 Å². The number of hydrogen-bond donors (Lipinski definition) is 2. The van der Waals surface area contributed by atoms with Crippen molar-refractivity contribution in [1.29, 1.82) is 0 Å². The number of likely N-dealkylation sites (tertiary alicyclic amines) is 1. The fraction of sp³-hybridized carbons (Fsp3) is 0.917. The van der Waals surface area contributed by atoms with Crippen LogP contribution in [0.1, 0.15) is 26.7 Å². The Morgan fingerprint density at radius 2 is 2.31 bits per heavy atom. The minimum Gasteiger partial charge on any atom is -0.355 e. The van der Waals surface area contributed by atoms with Crippen LogP contribution in [0.2, 0.25) is 0 Å². The van der Waals surface area contributed by atoms with Crippen molar-refractivity contribution in [2.45, 2.75) is 32.7 Å². The molecular weight excluding hydrogens is 202 g/mol. The summed E-state index contributed by atoms with van der Waals surface area (Å²) in [5, 5.41) is 6.17. The number of carbonyl (C=O) groups excluding carboxylic acids is 1. The second-order valence-electron chi connectivity index (χ2n) is 4.67.